The molecule has 0 aliphatic carbocycles. The van der Waals surface area contributed by atoms with Crippen molar-refractivity contribution in [1.82, 2.24) is 0 Å². The van der Waals surface area contributed by atoms with Crippen LogP contribution in [0.2, 0.25) is 0 Å². The Morgan fingerprint density at radius 3 is 2.75 bits per heavy atom. The number of halogens is 1. The molecule has 2 N–H and O–H groups in total. The van der Waals surface area contributed by atoms with E-state index >= 15 is 0 Å². The smallest absolute Gasteiger partial charge is 0.224 e. The molecule has 0 aliphatic heterocycles. The molecule has 0 radical (unpaired) electrons. The van der Waals surface area contributed by atoms with E-state index in [0.717, 1.165) is 0 Å². The molecule has 1 rings (SSSR count). The molecule has 0 saturated carbocycles. The average Bonchev–Trinajstić information content (AvgIpc) is 2.30. The van der Waals surface area contributed by atoms with Crippen LogP contribution in [0.15, 0.2) is 18.7 Å². The number of benzene rings is 1. The van der Waals surface area contributed by atoms with E-state index in [2.05, 4.69) is 17.2 Å². The van der Waals surface area contributed by atoms with Gasteiger partial charge < -0.3 is 10.6 Å². The first kappa shape index (κ1) is 12.2. The van der Waals surface area contributed by atoms with Gasteiger partial charge >= 0.3 is 0 Å². The maximum atomic E-state index is 13.2. The van der Waals surface area contributed by atoms with Crippen LogP contribution in [0.5, 0.6) is 0 Å². The van der Waals surface area contributed by atoms with Crippen molar-refractivity contribution in [2.24, 2.45) is 0 Å². The van der Waals surface area contributed by atoms with Gasteiger partial charge in [0.25, 0.3) is 0 Å². The molecule has 0 bridgehead atoms. The predicted molar refractivity (Wildman–Crippen MR) is 65.0 cm³/mol. The summed E-state index contributed by atoms with van der Waals surface area (Å²) in [6.45, 7) is 5.35. The lowest BCUT2D eigenvalue weighted by Crippen LogP contribution is -2.12. The van der Waals surface area contributed by atoms with Crippen LogP contribution in [0.1, 0.15) is 18.9 Å². The molecule has 86 valence electrons. The molecule has 4 heteroatoms. The fourth-order valence-electron chi connectivity index (χ4n) is 1.35. The third-order valence-corrected chi connectivity index (χ3v) is 2.21. The Morgan fingerprint density at radius 2 is 2.25 bits per heavy atom. The topological polar surface area (TPSA) is 41.1 Å². The average molecular weight is 222 g/mol. The molecule has 0 unspecified atom stereocenters. The maximum absolute atomic E-state index is 13.2. The van der Waals surface area contributed by atoms with E-state index in [1.54, 1.807) is 14.0 Å². The second-order valence-electron chi connectivity index (χ2n) is 3.27. The van der Waals surface area contributed by atoms with Gasteiger partial charge in [0.1, 0.15) is 5.82 Å². The second kappa shape index (κ2) is 5.30. The molecule has 0 atom stereocenters. The van der Waals surface area contributed by atoms with Crippen molar-refractivity contribution in [3.63, 3.8) is 0 Å². The van der Waals surface area contributed by atoms with E-state index in [9.17, 15) is 9.18 Å². The number of nitrogens with one attached hydrogen (secondary N) is 2. The number of carbonyl (C=O) groups is 1. The quantitative estimate of drug-likeness (QED) is 0.822. The highest BCUT2D eigenvalue weighted by molar-refractivity contribution is 5.96. The van der Waals surface area contributed by atoms with Crippen LogP contribution in [0, 0.1) is 5.82 Å². The van der Waals surface area contributed by atoms with E-state index in [0.29, 0.717) is 23.4 Å². The van der Waals surface area contributed by atoms with E-state index < -0.39 is 0 Å². The zero-order chi connectivity index (χ0) is 12.1. The van der Waals surface area contributed by atoms with Crippen molar-refractivity contribution in [3.05, 3.63) is 30.1 Å². The Morgan fingerprint density at radius 1 is 1.56 bits per heavy atom. The molecule has 3 nitrogen and oxygen atoms in total. The lowest BCUT2D eigenvalue weighted by molar-refractivity contribution is -0.115. The maximum Gasteiger partial charge on any atom is 0.224 e. The number of carbonyl (C=O) groups excluding carboxylic acids is 1. The molecule has 1 amide bonds. The predicted octanol–water partition coefficient (Wildman–Crippen LogP) is 2.86. The zero-order valence-corrected chi connectivity index (χ0v) is 9.43. The summed E-state index contributed by atoms with van der Waals surface area (Å²) in [7, 11) is 1.67. The van der Waals surface area contributed by atoms with E-state index in [1.807, 2.05) is 0 Å². The first-order chi connectivity index (χ1) is 7.62. The molecule has 1 aromatic rings. The van der Waals surface area contributed by atoms with Gasteiger partial charge in [0.15, 0.2) is 0 Å². The minimum Gasteiger partial charge on any atom is -0.386 e. The third kappa shape index (κ3) is 2.59. The largest absolute Gasteiger partial charge is 0.386 e. The molecule has 0 fully saturated rings. The minimum atomic E-state index is -0.367. The molecule has 0 heterocycles. The molecular formula is C12H15FN2O. The summed E-state index contributed by atoms with van der Waals surface area (Å²) in [5.41, 5.74) is 1.66. The molecule has 1 aromatic carbocycles. The summed E-state index contributed by atoms with van der Waals surface area (Å²) in [5.74, 6) is -0.486. The first-order valence-electron chi connectivity index (χ1n) is 5.06. The lowest BCUT2D eigenvalue weighted by atomic mass is 10.1. The van der Waals surface area contributed by atoms with Crippen LogP contribution in [-0.4, -0.2) is 13.0 Å². The minimum absolute atomic E-state index is 0.119. The van der Waals surface area contributed by atoms with Crippen LogP contribution in [0.3, 0.4) is 0 Å². The summed E-state index contributed by atoms with van der Waals surface area (Å²) < 4.78 is 13.2. The Bertz CT molecular complexity index is 416. The highest BCUT2D eigenvalue weighted by Gasteiger charge is 2.10. The number of hydrogen-bond donors (Lipinski definition) is 2. The summed E-state index contributed by atoms with van der Waals surface area (Å²) in [6.07, 6.45) is 1.88. The van der Waals surface area contributed by atoms with Gasteiger partial charge in [-0.2, -0.15) is 0 Å². The Labute approximate surface area is 94.4 Å². The monoisotopic (exact) mass is 222 g/mol. The summed E-state index contributed by atoms with van der Waals surface area (Å²) in [6, 6.07) is 2.66. The summed E-state index contributed by atoms with van der Waals surface area (Å²) in [5, 5.41) is 5.56. The van der Waals surface area contributed by atoms with Crippen molar-refractivity contribution in [2.75, 3.05) is 17.7 Å². The van der Waals surface area contributed by atoms with E-state index in [-0.39, 0.29) is 11.7 Å². The van der Waals surface area contributed by atoms with Gasteiger partial charge in [-0.3, -0.25) is 4.79 Å². The first-order valence-corrected chi connectivity index (χ1v) is 5.06. The molecule has 16 heavy (non-hydrogen) atoms. The van der Waals surface area contributed by atoms with Crippen LogP contribution >= 0.6 is 0 Å². The fourth-order valence-corrected chi connectivity index (χ4v) is 1.35. The Kier molecular flexibility index (Phi) is 4.05. The molecule has 0 aromatic heterocycles. The van der Waals surface area contributed by atoms with E-state index in [4.69, 9.17) is 0 Å². The summed E-state index contributed by atoms with van der Waals surface area (Å²) >= 11 is 0. The fraction of sp³-hybridized carbons (Fsp3) is 0.250. The van der Waals surface area contributed by atoms with E-state index in [1.165, 1.54) is 18.2 Å². The number of rotatable bonds is 4. The van der Waals surface area contributed by atoms with Crippen LogP contribution < -0.4 is 10.6 Å². The van der Waals surface area contributed by atoms with Gasteiger partial charge in [0, 0.05) is 19.0 Å². The Hall–Kier alpha value is -1.84. The van der Waals surface area contributed by atoms with Gasteiger partial charge in [0.05, 0.1) is 11.4 Å². The van der Waals surface area contributed by atoms with Crippen LogP contribution in [0.25, 0.3) is 6.08 Å². The van der Waals surface area contributed by atoms with Crippen LogP contribution in [-0.2, 0) is 4.79 Å². The normalized spacial score (nSPS) is 9.69. The van der Waals surface area contributed by atoms with Crippen molar-refractivity contribution >= 4 is 23.4 Å². The van der Waals surface area contributed by atoms with Crippen molar-refractivity contribution in [1.29, 1.82) is 0 Å². The van der Waals surface area contributed by atoms with Gasteiger partial charge in [-0.1, -0.05) is 19.6 Å². The lowest BCUT2D eigenvalue weighted by Gasteiger charge is -2.13. The second-order valence-corrected chi connectivity index (χ2v) is 3.27. The highest BCUT2D eigenvalue weighted by Crippen LogP contribution is 2.28. The van der Waals surface area contributed by atoms with Gasteiger partial charge in [-0.05, 0) is 12.1 Å². The Balaban J connectivity index is 3.21. The van der Waals surface area contributed by atoms with Crippen molar-refractivity contribution in [3.8, 4) is 0 Å². The third-order valence-electron chi connectivity index (χ3n) is 2.21. The highest BCUT2D eigenvalue weighted by atomic mass is 19.1. The van der Waals surface area contributed by atoms with Crippen molar-refractivity contribution < 1.29 is 9.18 Å². The van der Waals surface area contributed by atoms with Crippen LogP contribution in [0.4, 0.5) is 15.8 Å². The number of amides is 1. The number of anilines is 2. The van der Waals surface area contributed by atoms with Crippen molar-refractivity contribution in [2.45, 2.75) is 13.3 Å². The molecule has 0 aliphatic rings. The molecule has 0 saturated heterocycles. The summed E-state index contributed by atoms with van der Waals surface area (Å²) in [4.78, 5) is 11.3. The SMILES string of the molecule is C=Cc1cc(F)cc(NC)c1NC(=O)CC. The molecule has 0 spiro atoms. The molecular weight excluding hydrogens is 207 g/mol. The zero-order valence-electron chi connectivity index (χ0n) is 9.43. The standard InChI is InChI=1S/C12H15FN2O/c1-4-8-6-9(13)7-10(14-3)12(8)15-11(16)5-2/h4,6-7,14H,1,5H2,2-3H3,(H,15,16). The van der Waals surface area contributed by atoms with Gasteiger partial charge in [-0.15, -0.1) is 0 Å². The van der Waals surface area contributed by atoms with Gasteiger partial charge in [0.2, 0.25) is 5.91 Å². The van der Waals surface area contributed by atoms with Gasteiger partial charge in [-0.25, -0.2) is 4.39 Å². The number of hydrogen-bond acceptors (Lipinski definition) is 2.